The molecule has 1 heterocycles. The molecule has 0 aromatic carbocycles. The fraction of sp³-hybridized carbons (Fsp3) is 0.917. The van der Waals surface area contributed by atoms with Gasteiger partial charge in [-0.15, -0.1) is 0 Å². The van der Waals surface area contributed by atoms with Crippen LogP contribution in [0.5, 0.6) is 0 Å². The van der Waals surface area contributed by atoms with Gasteiger partial charge in [0.2, 0.25) is 0 Å². The van der Waals surface area contributed by atoms with Gasteiger partial charge in [0, 0.05) is 19.2 Å². The molecule has 1 saturated heterocycles. The summed E-state index contributed by atoms with van der Waals surface area (Å²) in [6, 6.07) is 0.440. The van der Waals surface area contributed by atoms with Gasteiger partial charge in [0.1, 0.15) is 5.54 Å². The molecule has 1 rings (SSSR count). The molecule has 100 valence electrons. The van der Waals surface area contributed by atoms with Crippen LogP contribution in [0.3, 0.4) is 0 Å². The molecule has 1 fully saturated rings. The molecular formula is C12H24N2O3. The van der Waals surface area contributed by atoms with Crippen molar-refractivity contribution in [3.05, 3.63) is 0 Å². The number of aliphatic carboxylic acids is 1. The second-order valence-corrected chi connectivity index (χ2v) is 4.92. The molecule has 17 heavy (non-hydrogen) atoms. The van der Waals surface area contributed by atoms with Crippen LogP contribution in [-0.2, 0) is 9.53 Å². The highest BCUT2D eigenvalue weighted by Crippen LogP contribution is 2.15. The third kappa shape index (κ3) is 3.94. The van der Waals surface area contributed by atoms with Crippen molar-refractivity contribution in [3.63, 3.8) is 0 Å². The average molecular weight is 244 g/mol. The van der Waals surface area contributed by atoms with Gasteiger partial charge in [-0.3, -0.25) is 4.79 Å². The number of nitrogens with one attached hydrogen (secondary N) is 1. The molecule has 0 amide bonds. The summed E-state index contributed by atoms with van der Waals surface area (Å²) in [6.07, 6.45) is 1.64. The molecule has 0 saturated carbocycles. The Hall–Kier alpha value is -0.650. The highest BCUT2D eigenvalue weighted by molar-refractivity contribution is 5.78. The van der Waals surface area contributed by atoms with Crippen LogP contribution in [0.15, 0.2) is 0 Å². The van der Waals surface area contributed by atoms with E-state index < -0.39 is 11.5 Å². The second-order valence-electron chi connectivity index (χ2n) is 4.92. The molecule has 1 aliphatic heterocycles. The molecule has 0 aromatic rings. The zero-order chi connectivity index (χ0) is 12.9. The number of hydrogen-bond donors (Lipinski definition) is 2. The molecule has 0 spiro atoms. The van der Waals surface area contributed by atoms with Gasteiger partial charge in [0.15, 0.2) is 0 Å². The van der Waals surface area contributed by atoms with Crippen molar-refractivity contribution >= 4 is 5.97 Å². The molecule has 0 bridgehead atoms. The Morgan fingerprint density at radius 2 is 2.35 bits per heavy atom. The van der Waals surface area contributed by atoms with E-state index in [1.807, 2.05) is 14.0 Å². The van der Waals surface area contributed by atoms with Gasteiger partial charge in [0.25, 0.3) is 0 Å². The maximum atomic E-state index is 11.2. The van der Waals surface area contributed by atoms with Gasteiger partial charge in [-0.25, -0.2) is 0 Å². The summed E-state index contributed by atoms with van der Waals surface area (Å²) in [6.45, 7) is 6.69. The quantitative estimate of drug-likeness (QED) is 0.685. The highest BCUT2D eigenvalue weighted by atomic mass is 16.5. The van der Waals surface area contributed by atoms with Gasteiger partial charge in [-0.1, -0.05) is 6.92 Å². The first-order valence-corrected chi connectivity index (χ1v) is 6.26. The Kier molecular flexibility index (Phi) is 5.36. The zero-order valence-electron chi connectivity index (χ0n) is 11.0. The third-order valence-electron chi connectivity index (χ3n) is 3.53. The fourth-order valence-electron chi connectivity index (χ4n) is 2.11. The monoisotopic (exact) mass is 244 g/mol. The minimum atomic E-state index is -0.831. The number of rotatable bonds is 7. The van der Waals surface area contributed by atoms with E-state index in [0.717, 1.165) is 26.2 Å². The van der Waals surface area contributed by atoms with Crippen LogP contribution in [-0.4, -0.2) is 60.9 Å². The third-order valence-corrected chi connectivity index (χ3v) is 3.53. The van der Waals surface area contributed by atoms with Crippen LogP contribution in [0.1, 0.15) is 26.7 Å². The Morgan fingerprint density at radius 1 is 1.65 bits per heavy atom. The predicted octanol–water partition coefficient (Wildman–Crippen LogP) is 0.550. The molecule has 0 aromatic heterocycles. The van der Waals surface area contributed by atoms with Crippen molar-refractivity contribution < 1.29 is 14.6 Å². The van der Waals surface area contributed by atoms with E-state index in [0.29, 0.717) is 19.0 Å². The van der Waals surface area contributed by atoms with Gasteiger partial charge in [-0.05, 0) is 33.4 Å². The maximum absolute atomic E-state index is 11.2. The van der Waals surface area contributed by atoms with Crippen LogP contribution in [0.4, 0.5) is 0 Å². The molecule has 0 aliphatic carbocycles. The van der Waals surface area contributed by atoms with E-state index >= 15 is 0 Å². The summed E-state index contributed by atoms with van der Waals surface area (Å²) >= 11 is 0. The maximum Gasteiger partial charge on any atom is 0.323 e. The summed E-state index contributed by atoms with van der Waals surface area (Å²) in [5, 5.41) is 12.3. The van der Waals surface area contributed by atoms with Crippen molar-refractivity contribution in [2.75, 3.05) is 33.4 Å². The smallest absolute Gasteiger partial charge is 0.323 e. The molecular weight excluding hydrogens is 220 g/mol. The van der Waals surface area contributed by atoms with E-state index in [1.54, 1.807) is 6.92 Å². The Labute approximate surface area is 103 Å². The van der Waals surface area contributed by atoms with Crippen molar-refractivity contribution in [1.82, 2.24) is 10.2 Å². The van der Waals surface area contributed by atoms with Gasteiger partial charge < -0.3 is 20.1 Å². The number of likely N-dealkylation sites (N-methyl/N-ethyl adjacent to an activating group) is 2. The molecule has 2 unspecified atom stereocenters. The average Bonchev–Trinajstić information content (AvgIpc) is 2.79. The van der Waals surface area contributed by atoms with Gasteiger partial charge >= 0.3 is 5.97 Å². The summed E-state index contributed by atoms with van der Waals surface area (Å²) in [7, 11) is 2.04. The lowest BCUT2D eigenvalue weighted by molar-refractivity contribution is -0.144. The van der Waals surface area contributed by atoms with Crippen LogP contribution in [0.2, 0.25) is 0 Å². The summed E-state index contributed by atoms with van der Waals surface area (Å²) in [4.78, 5) is 13.4. The fourth-order valence-corrected chi connectivity index (χ4v) is 2.11. The number of carboxylic acids is 1. The van der Waals surface area contributed by atoms with Crippen LogP contribution < -0.4 is 5.32 Å². The summed E-state index contributed by atoms with van der Waals surface area (Å²) in [5.74, 6) is -0.782. The molecule has 5 nitrogen and oxygen atoms in total. The number of carboxylic acid groups (broad SMARTS) is 1. The standard InChI is InChI=1S/C12H24N2O3/c1-4-13-12(2,11(15)16)6-7-14(3)10-5-8-17-9-10/h10,13H,4-9H2,1-3H3,(H,15,16). The summed E-state index contributed by atoms with van der Waals surface area (Å²) in [5.41, 5.74) is -0.831. The Morgan fingerprint density at radius 3 is 2.82 bits per heavy atom. The van der Waals surface area contributed by atoms with E-state index in [2.05, 4.69) is 10.2 Å². The topological polar surface area (TPSA) is 61.8 Å². The molecule has 1 aliphatic rings. The van der Waals surface area contributed by atoms with E-state index in [1.165, 1.54) is 0 Å². The van der Waals surface area contributed by atoms with Crippen LogP contribution in [0.25, 0.3) is 0 Å². The van der Waals surface area contributed by atoms with Crippen LogP contribution >= 0.6 is 0 Å². The molecule has 2 atom stereocenters. The lowest BCUT2D eigenvalue weighted by atomic mass is 9.97. The first kappa shape index (κ1) is 14.4. The summed E-state index contributed by atoms with van der Waals surface area (Å²) < 4.78 is 5.33. The number of hydrogen-bond acceptors (Lipinski definition) is 4. The molecule has 5 heteroatoms. The van der Waals surface area contributed by atoms with E-state index in [4.69, 9.17) is 4.74 Å². The van der Waals surface area contributed by atoms with Crippen molar-refractivity contribution in [2.24, 2.45) is 0 Å². The van der Waals surface area contributed by atoms with Gasteiger partial charge in [-0.2, -0.15) is 0 Å². The molecule has 2 N–H and O–H groups in total. The van der Waals surface area contributed by atoms with E-state index in [9.17, 15) is 9.90 Å². The minimum Gasteiger partial charge on any atom is -0.480 e. The highest BCUT2D eigenvalue weighted by Gasteiger charge is 2.32. The first-order chi connectivity index (χ1) is 7.99. The molecule has 0 radical (unpaired) electrons. The number of carbonyl (C=O) groups is 1. The zero-order valence-corrected chi connectivity index (χ0v) is 11.0. The first-order valence-electron chi connectivity index (χ1n) is 6.26. The number of ether oxygens (including phenoxy) is 1. The van der Waals surface area contributed by atoms with Crippen molar-refractivity contribution in [2.45, 2.75) is 38.3 Å². The van der Waals surface area contributed by atoms with E-state index in [-0.39, 0.29) is 0 Å². The Balaban J connectivity index is 2.42. The largest absolute Gasteiger partial charge is 0.480 e. The van der Waals surface area contributed by atoms with Crippen LogP contribution in [0, 0.1) is 0 Å². The lowest BCUT2D eigenvalue weighted by Crippen LogP contribution is -2.51. The lowest BCUT2D eigenvalue weighted by Gasteiger charge is -2.30. The number of nitrogens with zero attached hydrogens (tertiary/aromatic N) is 1. The SMILES string of the molecule is CCNC(C)(CCN(C)C1CCOC1)C(=O)O. The normalized spacial score (nSPS) is 23.9. The second kappa shape index (κ2) is 6.33. The van der Waals surface area contributed by atoms with Crippen molar-refractivity contribution in [1.29, 1.82) is 0 Å². The van der Waals surface area contributed by atoms with Gasteiger partial charge in [0.05, 0.1) is 6.61 Å². The Bertz CT molecular complexity index is 254. The minimum absolute atomic E-state index is 0.440. The predicted molar refractivity (Wildman–Crippen MR) is 66.2 cm³/mol. The van der Waals surface area contributed by atoms with Crippen molar-refractivity contribution in [3.8, 4) is 0 Å².